The third-order valence-corrected chi connectivity index (χ3v) is 5.50. The van der Waals surface area contributed by atoms with Crippen molar-refractivity contribution in [2.75, 3.05) is 13.1 Å². The topological polar surface area (TPSA) is 57.6 Å². The molecule has 116 valence electrons. The first-order valence-corrected chi connectivity index (χ1v) is 8.31. The van der Waals surface area contributed by atoms with Crippen molar-refractivity contribution in [1.82, 2.24) is 4.90 Å². The molecule has 1 N–H and O–H groups in total. The molecule has 0 radical (unpaired) electrons. The molecule has 0 saturated carbocycles. The lowest BCUT2D eigenvalue weighted by Crippen LogP contribution is -2.45. The molecule has 2 rings (SSSR count). The van der Waals surface area contributed by atoms with E-state index in [0.29, 0.717) is 25.9 Å². The number of carbonyl (C=O) groups excluding carboxylic acids is 1. The molecule has 0 aromatic carbocycles. The molecule has 1 fully saturated rings. The largest absolute Gasteiger partial charge is 0.481 e. The van der Waals surface area contributed by atoms with E-state index < -0.39 is 11.4 Å². The zero-order valence-electron chi connectivity index (χ0n) is 12.9. The van der Waals surface area contributed by atoms with Crippen LogP contribution in [0.25, 0.3) is 0 Å². The van der Waals surface area contributed by atoms with Crippen LogP contribution in [0.15, 0.2) is 6.07 Å². The Morgan fingerprint density at radius 1 is 1.38 bits per heavy atom. The zero-order valence-corrected chi connectivity index (χ0v) is 13.8. The van der Waals surface area contributed by atoms with Crippen LogP contribution in [0.1, 0.15) is 53.2 Å². The Labute approximate surface area is 129 Å². The number of rotatable bonds is 4. The maximum absolute atomic E-state index is 12.5. The van der Waals surface area contributed by atoms with Crippen LogP contribution >= 0.6 is 11.3 Å². The number of hydrogen-bond donors (Lipinski definition) is 1. The van der Waals surface area contributed by atoms with Crippen molar-refractivity contribution in [1.29, 1.82) is 0 Å². The van der Waals surface area contributed by atoms with Gasteiger partial charge in [0.2, 0.25) is 0 Å². The Hall–Kier alpha value is -1.36. The van der Waals surface area contributed by atoms with Gasteiger partial charge in [0.15, 0.2) is 0 Å². The van der Waals surface area contributed by atoms with Gasteiger partial charge in [-0.15, -0.1) is 11.3 Å². The minimum atomic E-state index is -0.758. The summed E-state index contributed by atoms with van der Waals surface area (Å²) in [6.45, 7) is 7.02. The molecule has 1 amide bonds. The van der Waals surface area contributed by atoms with Crippen molar-refractivity contribution >= 4 is 23.2 Å². The highest BCUT2D eigenvalue weighted by atomic mass is 32.1. The van der Waals surface area contributed by atoms with Crippen LogP contribution in [0.4, 0.5) is 0 Å². The predicted molar refractivity (Wildman–Crippen MR) is 83.9 cm³/mol. The van der Waals surface area contributed by atoms with Gasteiger partial charge in [0.25, 0.3) is 5.91 Å². The standard InChI is InChI=1S/C16H23NO3S/c1-4-5-12-10-13(21-11(12)2)14(18)17-8-6-16(3,7-9-17)15(19)20/h10H,4-9H2,1-3H3,(H,19,20). The second-order valence-corrected chi connectivity index (χ2v) is 7.36. The molecule has 5 heteroatoms. The van der Waals surface area contributed by atoms with Gasteiger partial charge in [-0.25, -0.2) is 0 Å². The molecule has 21 heavy (non-hydrogen) atoms. The number of carboxylic acids is 1. The third kappa shape index (κ3) is 3.28. The van der Waals surface area contributed by atoms with E-state index in [2.05, 4.69) is 13.8 Å². The van der Waals surface area contributed by atoms with Crippen LogP contribution in [-0.4, -0.2) is 35.0 Å². The summed E-state index contributed by atoms with van der Waals surface area (Å²) in [5, 5.41) is 9.24. The van der Waals surface area contributed by atoms with Gasteiger partial charge >= 0.3 is 5.97 Å². The minimum absolute atomic E-state index is 0.0536. The average molecular weight is 309 g/mol. The average Bonchev–Trinajstić information content (AvgIpc) is 2.81. The second kappa shape index (κ2) is 6.18. The lowest BCUT2D eigenvalue weighted by molar-refractivity contribution is -0.150. The number of nitrogens with zero attached hydrogens (tertiary/aromatic N) is 1. The quantitative estimate of drug-likeness (QED) is 0.928. The van der Waals surface area contributed by atoms with Gasteiger partial charge in [0, 0.05) is 18.0 Å². The van der Waals surface area contributed by atoms with Gasteiger partial charge in [-0.3, -0.25) is 9.59 Å². The number of piperidine rings is 1. The first-order chi connectivity index (χ1) is 9.87. The second-order valence-electron chi connectivity index (χ2n) is 6.10. The SMILES string of the molecule is CCCc1cc(C(=O)N2CCC(C)(C(=O)O)CC2)sc1C. The molecule has 1 aliphatic heterocycles. The fraction of sp³-hybridized carbons (Fsp3) is 0.625. The first kappa shape index (κ1) is 16.0. The molecule has 0 unspecified atom stereocenters. The molecule has 0 spiro atoms. The number of amides is 1. The van der Waals surface area contributed by atoms with E-state index in [1.54, 1.807) is 23.2 Å². The number of carboxylic acid groups (broad SMARTS) is 1. The summed E-state index contributed by atoms with van der Waals surface area (Å²) in [5.41, 5.74) is 0.577. The summed E-state index contributed by atoms with van der Waals surface area (Å²) in [7, 11) is 0. The van der Waals surface area contributed by atoms with Crippen LogP contribution in [0, 0.1) is 12.3 Å². The molecule has 0 aliphatic carbocycles. The number of thiophene rings is 1. The normalized spacial score (nSPS) is 17.8. The van der Waals surface area contributed by atoms with Crippen molar-refractivity contribution in [2.24, 2.45) is 5.41 Å². The van der Waals surface area contributed by atoms with Crippen molar-refractivity contribution in [3.05, 3.63) is 21.4 Å². The Balaban J connectivity index is 2.05. The monoisotopic (exact) mass is 309 g/mol. The molecule has 1 aromatic rings. The van der Waals surface area contributed by atoms with E-state index in [4.69, 9.17) is 0 Å². The number of aliphatic carboxylic acids is 1. The highest BCUT2D eigenvalue weighted by Gasteiger charge is 2.38. The minimum Gasteiger partial charge on any atom is -0.481 e. The van der Waals surface area contributed by atoms with Crippen molar-refractivity contribution < 1.29 is 14.7 Å². The van der Waals surface area contributed by atoms with Gasteiger partial charge < -0.3 is 10.0 Å². The van der Waals surface area contributed by atoms with Gasteiger partial charge in [0.1, 0.15) is 0 Å². The number of carbonyl (C=O) groups is 2. The van der Waals surface area contributed by atoms with E-state index >= 15 is 0 Å². The van der Waals surface area contributed by atoms with Crippen LogP contribution in [0.3, 0.4) is 0 Å². The third-order valence-electron chi connectivity index (χ3n) is 4.42. The Morgan fingerprint density at radius 3 is 2.52 bits per heavy atom. The van der Waals surface area contributed by atoms with Crippen LogP contribution in [0.2, 0.25) is 0 Å². The van der Waals surface area contributed by atoms with Crippen molar-refractivity contribution in [3.63, 3.8) is 0 Å². The molecular weight excluding hydrogens is 286 g/mol. The van der Waals surface area contributed by atoms with Crippen LogP contribution in [-0.2, 0) is 11.2 Å². The van der Waals surface area contributed by atoms with Crippen LogP contribution in [0.5, 0.6) is 0 Å². The van der Waals surface area contributed by atoms with Crippen LogP contribution < -0.4 is 0 Å². The lowest BCUT2D eigenvalue weighted by atomic mass is 9.80. The summed E-state index contributed by atoms with van der Waals surface area (Å²) in [4.78, 5) is 27.6. The van der Waals surface area contributed by atoms with E-state index in [1.165, 1.54) is 10.4 Å². The number of hydrogen-bond acceptors (Lipinski definition) is 3. The predicted octanol–water partition coefficient (Wildman–Crippen LogP) is 3.34. The van der Waals surface area contributed by atoms with Gasteiger partial charge in [-0.1, -0.05) is 13.3 Å². The molecule has 0 bridgehead atoms. The molecule has 4 nitrogen and oxygen atoms in total. The molecule has 2 heterocycles. The van der Waals surface area contributed by atoms with Crippen molar-refractivity contribution in [2.45, 2.75) is 46.5 Å². The Morgan fingerprint density at radius 2 is 2.00 bits per heavy atom. The molecule has 0 atom stereocenters. The maximum Gasteiger partial charge on any atom is 0.309 e. The highest BCUT2D eigenvalue weighted by Crippen LogP contribution is 2.32. The molecule has 1 aliphatic rings. The van der Waals surface area contributed by atoms with E-state index in [0.717, 1.165) is 17.7 Å². The Bertz CT molecular complexity index is 542. The van der Waals surface area contributed by atoms with Gasteiger partial charge in [-0.2, -0.15) is 0 Å². The smallest absolute Gasteiger partial charge is 0.309 e. The summed E-state index contributed by atoms with van der Waals surface area (Å²) < 4.78 is 0. The summed E-state index contributed by atoms with van der Waals surface area (Å²) >= 11 is 1.55. The van der Waals surface area contributed by atoms with E-state index in [9.17, 15) is 14.7 Å². The molecule has 1 saturated heterocycles. The summed E-state index contributed by atoms with van der Waals surface area (Å²) in [6, 6.07) is 2.01. The van der Waals surface area contributed by atoms with E-state index in [1.807, 2.05) is 6.07 Å². The number of likely N-dealkylation sites (tertiary alicyclic amines) is 1. The van der Waals surface area contributed by atoms with Crippen molar-refractivity contribution in [3.8, 4) is 0 Å². The van der Waals surface area contributed by atoms with Gasteiger partial charge in [0.05, 0.1) is 10.3 Å². The highest BCUT2D eigenvalue weighted by molar-refractivity contribution is 7.14. The summed E-state index contributed by atoms with van der Waals surface area (Å²) in [5.74, 6) is -0.704. The first-order valence-electron chi connectivity index (χ1n) is 7.49. The maximum atomic E-state index is 12.5. The fourth-order valence-corrected chi connectivity index (χ4v) is 3.76. The zero-order chi connectivity index (χ0) is 15.6. The molecule has 1 aromatic heterocycles. The molecular formula is C16H23NO3S. The summed E-state index contributed by atoms with van der Waals surface area (Å²) in [6.07, 6.45) is 3.14. The number of aryl methyl sites for hydroxylation is 2. The van der Waals surface area contributed by atoms with E-state index in [-0.39, 0.29) is 5.91 Å². The Kier molecular flexibility index (Phi) is 4.71. The fourth-order valence-electron chi connectivity index (χ4n) is 2.72. The van der Waals surface area contributed by atoms with Gasteiger partial charge in [-0.05, 0) is 44.7 Å². The lowest BCUT2D eigenvalue weighted by Gasteiger charge is -2.36.